The Labute approximate surface area is 65.7 Å². The highest BCUT2D eigenvalue weighted by Crippen LogP contribution is 2.30. The molecule has 1 aromatic carbocycles. The number of benzene rings is 1. The second kappa shape index (κ2) is 2.43. The third kappa shape index (κ3) is 1.03. The molecule has 0 saturated carbocycles. The molecule has 0 fully saturated rings. The smallest absolute Gasteiger partial charge is 0.122 e. The maximum absolute atomic E-state index is 5.69. The van der Waals surface area contributed by atoms with Crippen molar-refractivity contribution in [3.63, 3.8) is 0 Å². The number of nitrogen functional groups attached to an aromatic ring is 1. The van der Waals surface area contributed by atoms with Crippen molar-refractivity contribution >= 4 is 5.69 Å². The maximum Gasteiger partial charge on any atom is 0.122 e. The first-order valence-corrected chi connectivity index (χ1v) is 3.29. The Morgan fingerprint density at radius 3 is 2.55 bits per heavy atom. The van der Waals surface area contributed by atoms with Crippen molar-refractivity contribution in [1.29, 1.82) is 0 Å². The number of ether oxygens (including phenoxy) is 1. The molecule has 2 aliphatic heterocycles. The zero-order valence-electron chi connectivity index (χ0n) is 6.55. The summed E-state index contributed by atoms with van der Waals surface area (Å²) in [6.07, 6.45) is 0. The van der Waals surface area contributed by atoms with Crippen LogP contribution in [-0.2, 0) is 6.61 Å². The summed E-state index contributed by atoms with van der Waals surface area (Å²) in [5, 5.41) is 0. The quantitative estimate of drug-likeness (QED) is 0.555. The topological polar surface area (TPSA) is 70.2 Å². The van der Waals surface area contributed by atoms with E-state index >= 15 is 0 Å². The van der Waals surface area contributed by atoms with Gasteiger partial charge in [-0.25, -0.2) is 0 Å². The Morgan fingerprint density at radius 1 is 1.45 bits per heavy atom. The van der Waals surface area contributed by atoms with Gasteiger partial charge in [0, 0.05) is 17.3 Å². The van der Waals surface area contributed by atoms with Gasteiger partial charge in [0.2, 0.25) is 0 Å². The molecular weight excluding hydrogens is 140 g/mol. The van der Waals surface area contributed by atoms with E-state index in [1.54, 1.807) is 0 Å². The minimum Gasteiger partial charge on any atom is -0.489 e. The second-order valence-corrected chi connectivity index (χ2v) is 2.60. The minimum atomic E-state index is 0. The van der Waals surface area contributed by atoms with Gasteiger partial charge in [0.05, 0.1) is 0 Å². The molecule has 0 aromatic heterocycles. The lowest BCUT2D eigenvalue weighted by Crippen LogP contribution is -2.08. The van der Waals surface area contributed by atoms with Gasteiger partial charge in [0.1, 0.15) is 12.4 Å². The van der Waals surface area contributed by atoms with Crippen molar-refractivity contribution < 1.29 is 4.74 Å². The van der Waals surface area contributed by atoms with E-state index in [1.807, 2.05) is 12.1 Å². The van der Waals surface area contributed by atoms with E-state index in [1.165, 1.54) is 5.56 Å². The molecule has 2 bridgehead atoms. The number of fused-ring (bicyclic) bond motifs is 3. The summed E-state index contributed by atoms with van der Waals surface area (Å²) in [5.74, 6) is 0.894. The van der Waals surface area contributed by atoms with Crippen LogP contribution < -0.4 is 16.6 Å². The van der Waals surface area contributed by atoms with Crippen molar-refractivity contribution in [2.75, 3.05) is 5.73 Å². The summed E-state index contributed by atoms with van der Waals surface area (Å²) < 4.78 is 5.26. The largest absolute Gasteiger partial charge is 0.489 e. The molecule has 0 saturated heterocycles. The molecule has 5 N–H and O–H groups in total. The van der Waals surface area contributed by atoms with Crippen molar-refractivity contribution in [2.45, 2.75) is 13.5 Å². The van der Waals surface area contributed by atoms with E-state index in [4.69, 9.17) is 10.5 Å². The van der Waals surface area contributed by atoms with Crippen molar-refractivity contribution in [3.8, 4) is 5.75 Å². The summed E-state index contributed by atoms with van der Waals surface area (Å²) in [5.41, 5.74) is 8.93. The van der Waals surface area contributed by atoms with Crippen LogP contribution >= 0.6 is 0 Å². The first-order chi connectivity index (χ1) is 4.77. The molecular formula is C8H12N2O. The molecule has 3 rings (SSSR count). The monoisotopic (exact) mass is 152 g/mol. The van der Waals surface area contributed by atoms with Gasteiger partial charge >= 0.3 is 0 Å². The molecule has 0 aliphatic carbocycles. The highest BCUT2D eigenvalue weighted by Gasteiger charge is 2.12. The summed E-state index contributed by atoms with van der Waals surface area (Å²) in [6, 6.07) is 3.88. The Hall–Kier alpha value is -1.22. The van der Waals surface area contributed by atoms with Crippen LogP contribution in [0.1, 0.15) is 11.1 Å². The lowest BCUT2D eigenvalue weighted by Gasteiger charge is -2.19. The number of rotatable bonds is 0. The molecule has 2 heterocycles. The minimum absolute atomic E-state index is 0. The highest BCUT2D eigenvalue weighted by molar-refractivity contribution is 5.57. The van der Waals surface area contributed by atoms with Gasteiger partial charge < -0.3 is 16.6 Å². The summed E-state index contributed by atoms with van der Waals surface area (Å²) in [4.78, 5) is 0. The van der Waals surface area contributed by atoms with Crippen molar-refractivity contribution in [2.24, 2.45) is 0 Å². The third-order valence-corrected chi connectivity index (χ3v) is 1.86. The number of hydrogen-bond donors (Lipinski definition) is 2. The lowest BCUT2D eigenvalue weighted by atomic mass is 10.0. The van der Waals surface area contributed by atoms with Gasteiger partial charge in [-0.1, -0.05) is 0 Å². The zero-order valence-corrected chi connectivity index (χ0v) is 6.55. The molecule has 0 unspecified atom stereocenters. The van der Waals surface area contributed by atoms with Crippen LogP contribution in [0.5, 0.6) is 5.75 Å². The van der Waals surface area contributed by atoms with Crippen LogP contribution in [0.3, 0.4) is 0 Å². The van der Waals surface area contributed by atoms with E-state index in [0.29, 0.717) is 6.61 Å². The highest BCUT2D eigenvalue weighted by atomic mass is 16.5. The van der Waals surface area contributed by atoms with Crippen LogP contribution in [0.2, 0.25) is 0 Å². The van der Waals surface area contributed by atoms with Gasteiger partial charge in [-0.05, 0) is 18.6 Å². The summed E-state index contributed by atoms with van der Waals surface area (Å²) in [7, 11) is 0. The fourth-order valence-electron chi connectivity index (χ4n) is 1.25. The van der Waals surface area contributed by atoms with E-state index in [-0.39, 0.29) is 6.15 Å². The van der Waals surface area contributed by atoms with Crippen LogP contribution in [-0.4, -0.2) is 0 Å². The van der Waals surface area contributed by atoms with Crippen molar-refractivity contribution in [1.82, 2.24) is 6.15 Å². The Morgan fingerprint density at radius 2 is 2.18 bits per heavy atom. The predicted octanol–water partition coefficient (Wildman–Crippen LogP) is 1.63. The van der Waals surface area contributed by atoms with E-state index in [0.717, 1.165) is 17.0 Å². The Balaban J connectivity index is 0.000000605. The molecule has 0 radical (unpaired) electrons. The predicted molar refractivity (Wildman–Crippen MR) is 44.9 cm³/mol. The van der Waals surface area contributed by atoms with E-state index < -0.39 is 0 Å². The second-order valence-electron chi connectivity index (χ2n) is 2.60. The molecule has 3 nitrogen and oxygen atoms in total. The number of hydrogen-bond acceptors (Lipinski definition) is 3. The SMILES string of the molecule is Cc1cc2cc(N)c1CO2.N. The van der Waals surface area contributed by atoms with Crippen molar-refractivity contribution in [3.05, 3.63) is 23.3 Å². The third-order valence-electron chi connectivity index (χ3n) is 1.86. The summed E-state index contributed by atoms with van der Waals surface area (Å²) >= 11 is 0. The molecule has 60 valence electrons. The summed E-state index contributed by atoms with van der Waals surface area (Å²) in [6.45, 7) is 2.71. The number of nitrogens with two attached hydrogens (primary N) is 1. The lowest BCUT2D eigenvalue weighted by molar-refractivity contribution is 0.295. The molecule has 1 aromatic rings. The normalized spacial score (nSPS) is 12.1. The van der Waals surface area contributed by atoms with E-state index in [9.17, 15) is 0 Å². The Kier molecular flexibility index (Phi) is 1.74. The maximum atomic E-state index is 5.69. The number of aryl methyl sites for hydroxylation is 1. The van der Waals surface area contributed by atoms with Gasteiger partial charge in [0.15, 0.2) is 0 Å². The van der Waals surface area contributed by atoms with Crippen LogP contribution in [0.25, 0.3) is 0 Å². The standard InChI is InChI=1S/C8H9NO.H3N/c1-5-2-6-3-8(9)7(5)4-10-6;/h2-3H,4,9H2,1H3;1H3. The Bertz CT molecular complexity index is 260. The average molecular weight is 152 g/mol. The fraction of sp³-hybridized carbons (Fsp3) is 0.250. The van der Waals surface area contributed by atoms with Gasteiger partial charge in [-0.2, -0.15) is 0 Å². The van der Waals surface area contributed by atoms with Gasteiger partial charge in [-0.15, -0.1) is 0 Å². The first kappa shape index (κ1) is 7.88. The zero-order chi connectivity index (χ0) is 7.14. The van der Waals surface area contributed by atoms with Crippen LogP contribution in [0, 0.1) is 6.92 Å². The van der Waals surface area contributed by atoms with Crippen LogP contribution in [0.4, 0.5) is 5.69 Å². The average Bonchev–Trinajstić information content (AvgIpc) is 1.86. The molecule has 3 heteroatoms. The van der Waals surface area contributed by atoms with E-state index in [2.05, 4.69) is 6.92 Å². The van der Waals surface area contributed by atoms with Gasteiger partial charge in [0.25, 0.3) is 0 Å². The van der Waals surface area contributed by atoms with Crippen LogP contribution in [0.15, 0.2) is 12.1 Å². The fourth-order valence-corrected chi connectivity index (χ4v) is 1.25. The molecule has 0 spiro atoms. The molecule has 2 aliphatic rings. The molecule has 11 heavy (non-hydrogen) atoms. The first-order valence-electron chi connectivity index (χ1n) is 3.29. The molecule has 0 atom stereocenters. The molecule has 0 amide bonds. The number of anilines is 1. The van der Waals surface area contributed by atoms with Gasteiger partial charge in [-0.3, -0.25) is 0 Å².